The summed E-state index contributed by atoms with van der Waals surface area (Å²) in [4.78, 5) is 14.2. The molecule has 3 nitrogen and oxygen atoms in total. The largest absolute Gasteiger partial charge is 0.471 e. The van der Waals surface area contributed by atoms with Crippen LogP contribution in [0.4, 0.5) is 18.9 Å². The van der Waals surface area contributed by atoms with Crippen LogP contribution < -0.4 is 5.32 Å². The number of halogens is 3. The lowest BCUT2D eigenvalue weighted by Crippen LogP contribution is -2.30. The second-order valence-corrected chi connectivity index (χ2v) is 2.64. The molecule has 0 saturated carbocycles. The van der Waals surface area contributed by atoms with Gasteiger partial charge in [-0.2, -0.15) is 13.2 Å². The van der Waals surface area contributed by atoms with Crippen LogP contribution in [0, 0.1) is 6.92 Å². The van der Waals surface area contributed by atoms with Gasteiger partial charge >= 0.3 is 12.1 Å². The summed E-state index contributed by atoms with van der Waals surface area (Å²) in [6, 6.07) is 1.30. The van der Waals surface area contributed by atoms with E-state index in [2.05, 4.69) is 4.98 Å². The van der Waals surface area contributed by atoms with E-state index in [0.29, 0.717) is 5.56 Å². The Morgan fingerprint density at radius 1 is 1.50 bits per heavy atom. The monoisotopic (exact) mass is 204 g/mol. The molecule has 1 aromatic rings. The van der Waals surface area contributed by atoms with E-state index < -0.39 is 12.1 Å². The second-order valence-electron chi connectivity index (χ2n) is 2.64. The Balaban J connectivity index is 2.80. The molecule has 1 rings (SSSR count). The van der Waals surface area contributed by atoms with Crippen LogP contribution in [0.1, 0.15) is 5.56 Å². The molecule has 6 heteroatoms. The number of rotatable bonds is 1. The Bertz CT molecular complexity index is 349. The van der Waals surface area contributed by atoms with Crippen molar-refractivity contribution < 1.29 is 18.0 Å². The summed E-state index contributed by atoms with van der Waals surface area (Å²) in [5.74, 6) is -1.98. The van der Waals surface area contributed by atoms with Crippen molar-refractivity contribution in [2.75, 3.05) is 5.32 Å². The van der Waals surface area contributed by atoms with E-state index in [1.165, 1.54) is 18.5 Å². The third kappa shape index (κ3) is 2.45. The van der Waals surface area contributed by atoms with Crippen molar-refractivity contribution in [2.24, 2.45) is 0 Å². The third-order valence-corrected chi connectivity index (χ3v) is 1.53. The molecule has 0 saturated heterocycles. The number of anilines is 1. The molecule has 1 amide bonds. The van der Waals surface area contributed by atoms with Gasteiger partial charge in [0.2, 0.25) is 0 Å². The number of aryl methyl sites for hydroxylation is 1. The number of alkyl halides is 3. The van der Waals surface area contributed by atoms with Gasteiger partial charge in [-0.05, 0) is 18.6 Å². The molecule has 0 aliphatic rings. The summed E-state index contributed by atoms with van der Waals surface area (Å²) in [6.45, 7) is 1.55. The Morgan fingerprint density at radius 2 is 2.14 bits per heavy atom. The number of aromatic nitrogens is 1. The van der Waals surface area contributed by atoms with Crippen LogP contribution in [0.25, 0.3) is 0 Å². The molecular weight excluding hydrogens is 197 g/mol. The zero-order valence-electron chi connectivity index (χ0n) is 7.22. The molecule has 0 aromatic carbocycles. The summed E-state index contributed by atoms with van der Waals surface area (Å²) in [6.07, 6.45) is -2.19. The first-order valence-electron chi connectivity index (χ1n) is 3.70. The summed E-state index contributed by atoms with van der Waals surface area (Å²) >= 11 is 0. The number of carbonyl (C=O) groups excluding carboxylic acids is 1. The number of hydrogen-bond donors (Lipinski definition) is 1. The van der Waals surface area contributed by atoms with E-state index in [9.17, 15) is 18.0 Å². The van der Waals surface area contributed by atoms with E-state index in [1.54, 1.807) is 12.2 Å². The van der Waals surface area contributed by atoms with Gasteiger partial charge in [0.25, 0.3) is 0 Å². The van der Waals surface area contributed by atoms with Gasteiger partial charge < -0.3 is 5.32 Å². The maximum atomic E-state index is 11.8. The highest BCUT2D eigenvalue weighted by molar-refractivity contribution is 5.95. The zero-order valence-corrected chi connectivity index (χ0v) is 7.22. The van der Waals surface area contributed by atoms with Gasteiger partial charge in [-0.1, -0.05) is 0 Å². The number of amides is 1. The number of nitrogens with zero attached hydrogens (tertiary/aromatic N) is 1. The lowest BCUT2D eigenvalue weighted by Gasteiger charge is -2.09. The predicted molar refractivity (Wildman–Crippen MR) is 43.7 cm³/mol. The molecule has 1 heterocycles. The molecule has 0 bridgehead atoms. The average molecular weight is 204 g/mol. The fourth-order valence-electron chi connectivity index (χ4n) is 0.807. The molecule has 0 atom stereocenters. The molecule has 0 unspecified atom stereocenters. The molecule has 14 heavy (non-hydrogen) atoms. The lowest BCUT2D eigenvalue weighted by atomic mass is 10.2. The van der Waals surface area contributed by atoms with E-state index in [4.69, 9.17) is 0 Å². The van der Waals surface area contributed by atoms with Crippen LogP contribution in [-0.4, -0.2) is 17.1 Å². The zero-order chi connectivity index (χ0) is 10.8. The number of pyridine rings is 1. The van der Waals surface area contributed by atoms with Crippen molar-refractivity contribution >= 4 is 11.6 Å². The number of hydrogen-bond acceptors (Lipinski definition) is 2. The van der Waals surface area contributed by atoms with Crippen LogP contribution in [0.5, 0.6) is 0 Å². The normalized spacial score (nSPS) is 11.1. The van der Waals surface area contributed by atoms with E-state index >= 15 is 0 Å². The van der Waals surface area contributed by atoms with Crippen molar-refractivity contribution in [1.82, 2.24) is 4.98 Å². The molecule has 0 spiro atoms. The fourth-order valence-corrected chi connectivity index (χ4v) is 0.807. The molecule has 0 aliphatic heterocycles. The minimum Gasteiger partial charge on any atom is -0.318 e. The van der Waals surface area contributed by atoms with Gasteiger partial charge in [0.1, 0.15) is 0 Å². The van der Waals surface area contributed by atoms with Crippen LogP contribution in [-0.2, 0) is 4.79 Å². The summed E-state index contributed by atoms with van der Waals surface area (Å²) in [7, 11) is 0. The first-order valence-corrected chi connectivity index (χ1v) is 3.70. The Hall–Kier alpha value is -1.59. The van der Waals surface area contributed by atoms with Gasteiger partial charge in [0.05, 0.1) is 0 Å². The smallest absolute Gasteiger partial charge is 0.318 e. The Labute approximate surface area is 78.0 Å². The molecule has 0 radical (unpaired) electrons. The van der Waals surface area contributed by atoms with Crippen LogP contribution in [0.2, 0.25) is 0 Å². The first kappa shape index (κ1) is 10.5. The van der Waals surface area contributed by atoms with Crippen molar-refractivity contribution in [1.29, 1.82) is 0 Å². The first-order chi connectivity index (χ1) is 6.41. The van der Waals surface area contributed by atoms with Crippen molar-refractivity contribution in [2.45, 2.75) is 13.1 Å². The SMILES string of the molecule is Cc1cnccc1NC(=O)C(F)(F)F. The van der Waals surface area contributed by atoms with Crippen LogP contribution in [0.15, 0.2) is 18.5 Å². The Morgan fingerprint density at radius 3 is 2.64 bits per heavy atom. The predicted octanol–water partition coefficient (Wildman–Crippen LogP) is 1.89. The molecule has 1 N–H and O–H groups in total. The minimum absolute atomic E-state index is 0.113. The topological polar surface area (TPSA) is 42.0 Å². The maximum absolute atomic E-state index is 11.8. The minimum atomic E-state index is -4.87. The van der Waals surface area contributed by atoms with E-state index in [1.807, 2.05) is 0 Å². The summed E-state index contributed by atoms with van der Waals surface area (Å²) < 4.78 is 35.5. The molecule has 1 aromatic heterocycles. The number of nitrogens with one attached hydrogen (secondary N) is 1. The van der Waals surface area contributed by atoms with Crippen molar-refractivity contribution in [3.05, 3.63) is 24.0 Å². The van der Waals surface area contributed by atoms with Crippen molar-refractivity contribution in [3.8, 4) is 0 Å². The quantitative estimate of drug-likeness (QED) is 0.758. The Kier molecular flexibility index (Phi) is 2.73. The van der Waals surface area contributed by atoms with Crippen LogP contribution in [0.3, 0.4) is 0 Å². The van der Waals surface area contributed by atoms with Gasteiger partial charge in [0.15, 0.2) is 0 Å². The highest BCUT2D eigenvalue weighted by Gasteiger charge is 2.38. The van der Waals surface area contributed by atoms with E-state index in [-0.39, 0.29) is 5.69 Å². The third-order valence-electron chi connectivity index (χ3n) is 1.53. The maximum Gasteiger partial charge on any atom is 0.471 e. The molecular formula is C8H7F3N2O. The second kappa shape index (κ2) is 3.65. The van der Waals surface area contributed by atoms with Gasteiger partial charge in [-0.15, -0.1) is 0 Å². The standard InChI is InChI=1S/C8H7F3N2O/c1-5-4-12-3-2-6(5)13-7(14)8(9,10)11/h2-4H,1H3,(H,12,13,14). The molecule has 76 valence electrons. The lowest BCUT2D eigenvalue weighted by molar-refractivity contribution is -0.167. The fraction of sp³-hybridized carbons (Fsp3) is 0.250. The highest BCUT2D eigenvalue weighted by Crippen LogP contribution is 2.19. The van der Waals surface area contributed by atoms with Crippen molar-refractivity contribution in [3.63, 3.8) is 0 Å². The average Bonchev–Trinajstić information content (AvgIpc) is 2.07. The van der Waals surface area contributed by atoms with E-state index in [0.717, 1.165) is 0 Å². The summed E-state index contributed by atoms with van der Waals surface area (Å²) in [5.41, 5.74) is 0.590. The summed E-state index contributed by atoms with van der Waals surface area (Å²) in [5, 5.41) is 1.75. The molecule has 0 aliphatic carbocycles. The van der Waals surface area contributed by atoms with Crippen LogP contribution >= 0.6 is 0 Å². The highest BCUT2D eigenvalue weighted by atomic mass is 19.4. The van der Waals surface area contributed by atoms with Gasteiger partial charge in [-0.25, -0.2) is 0 Å². The van der Waals surface area contributed by atoms with Gasteiger partial charge in [-0.3, -0.25) is 9.78 Å². The number of carbonyl (C=O) groups is 1. The van der Waals surface area contributed by atoms with Gasteiger partial charge in [0, 0.05) is 18.1 Å². The molecule has 0 fully saturated rings.